The zero-order valence-corrected chi connectivity index (χ0v) is 11.7. The molecule has 2 aromatic rings. The third-order valence-corrected chi connectivity index (χ3v) is 3.73. The minimum Gasteiger partial charge on any atom is -0.508 e. The highest BCUT2D eigenvalue weighted by Gasteiger charge is 2.20. The Labute approximate surface area is 120 Å². The molecule has 8 heteroatoms. The van der Waals surface area contributed by atoms with Gasteiger partial charge in [0.25, 0.3) is 0 Å². The fourth-order valence-electron chi connectivity index (χ4n) is 1.60. The summed E-state index contributed by atoms with van der Waals surface area (Å²) in [5.74, 6) is 0.227. The van der Waals surface area contributed by atoms with E-state index in [1.807, 2.05) is 0 Å². The number of nitro groups is 1. The van der Waals surface area contributed by atoms with Crippen LogP contribution in [0.15, 0.2) is 47.4 Å². The van der Waals surface area contributed by atoms with Gasteiger partial charge >= 0.3 is 5.69 Å². The van der Waals surface area contributed by atoms with Crippen LogP contribution >= 0.6 is 0 Å². The Hall–Kier alpha value is -2.61. The molecule has 2 aromatic carbocycles. The third kappa shape index (κ3) is 3.48. The summed E-state index contributed by atoms with van der Waals surface area (Å²) in [6, 6.07) is 9.01. The van der Waals surface area contributed by atoms with Gasteiger partial charge in [-0.2, -0.15) is 0 Å². The van der Waals surface area contributed by atoms with Gasteiger partial charge in [0.05, 0.1) is 9.82 Å². The van der Waals surface area contributed by atoms with Crippen LogP contribution in [0, 0.1) is 10.1 Å². The van der Waals surface area contributed by atoms with E-state index in [1.165, 1.54) is 36.4 Å². The summed E-state index contributed by atoms with van der Waals surface area (Å²) in [7, 11) is -3.55. The van der Waals surface area contributed by atoms with E-state index in [0.717, 1.165) is 12.3 Å². The van der Waals surface area contributed by atoms with Gasteiger partial charge in [0.1, 0.15) is 11.5 Å². The molecule has 1 N–H and O–H groups in total. The molecule has 0 aromatic heterocycles. The van der Waals surface area contributed by atoms with Crippen molar-refractivity contribution in [2.24, 2.45) is 0 Å². The van der Waals surface area contributed by atoms with Crippen LogP contribution in [-0.2, 0) is 9.84 Å². The van der Waals surface area contributed by atoms with Crippen molar-refractivity contribution >= 4 is 15.5 Å². The van der Waals surface area contributed by atoms with E-state index in [9.17, 15) is 18.5 Å². The lowest BCUT2D eigenvalue weighted by atomic mass is 10.3. The second-order valence-corrected chi connectivity index (χ2v) is 6.27. The molecule has 21 heavy (non-hydrogen) atoms. The van der Waals surface area contributed by atoms with Gasteiger partial charge in [-0.25, -0.2) is 8.42 Å². The maximum Gasteiger partial charge on any atom is 0.312 e. The zero-order valence-electron chi connectivity index (χ0n) is 10.9. The van der Waals surface area contributed by atoms with Crippen LogP contribution in [-0.4, -0.2) is 24.7 Å². The van der Waals surface area contributed by atoms with Crippen LogP contribution in [0.3, 0.4) is 0 Å². The largest absolute Gasteiger partial charge is 0.508 e. The van der Waals surface area contributed by atoms with E-state index < -0.39 is 20.4 Å². The minimum atomic E-state index is -3.55. The van der Waals surface area contributed by atoms with Gasteiger partial charge in [-0.05, 0) is 36.4 Å². The normalized spacial score (nSPS) is 11.1. The summed E-state index contributed by atoms with van der Waals surface area (Å²) >= 11 is 0. The minimum absolute atomic E-state index is 0.0317. The first-order valence-electron chi connectivity index (χ1n) is 5.73. The molecule has 0 spiro atoms. The van der Waals surface area contributed by atoms with Gasteiger partial charge in [0.15, 0.2) is 9.84 Å². The number of aromatic hydroxyl groups is 1. The fraction of sp³-hybridized carbons (Fsp3) is 0.0769. The monoisotopic (exact) mass is 309 g/mol. The number of hydrogen-bond acceptors (Lipinski definition) is 6. The molecule has 0 bridgehead atoms. The molecule has 0 amide bonds. The molecule has 0 saturated carbocycles. The molecule has 0 radical (unpaired) electrons. The molecule has 0 atom stereocenters. The van der Waals surface area contributed by atoms with E-state index in [0.29, 0.717) is 0 Å². The van der Waals surface area contributed by atoms with E-state index >= 15 is 0 Å². The molecule has 0 unspecified atom stereocenters. The highest BCUT2D eigenvalue weighted by molar-refractivity contribution is 7.90. The summed E-state index contributed by atoms with van der Waals surface area (Å²) in [4.78, 5) is 10.2. The zero-order chi connectivity index (χ0) is 15.6. The van der Waals surface area contributed by atoms with Crippen molar-refractivity contribution in [1.82, 2.24) is 0 Å². The Morgan fingerprint density at radius 3 is 2.29 bits per heavy atom. The lowest BCUT2D eigenvalue weighted by Crippen LogP contribution is -2.00. The van der Waals surface area contributed by atoms with Gasteiger partial charge in [-0.1, -0.05) is 0 Å². The molecule has 2 rings (SSSR count). The first kappa shape index (κ1) is 14.8. The highest BCUT2D eigenvalue weighted by atomic mass is 32.2. The van der Waals surface area contributed by atoms with Crippen LogP contribution in [0.2, 0.25) is 0 Å². The van der Waals surface area contributed by atoms with Crippen LogP contribution in [0.1, 0.15) is 0 Å². The number of sulfone groups is 1. The average Bonchev–Trinajstić information content (AvgIpc) is 2.40. The van der Waals surface area contributed by atoms with Gasteiger partial charge in [0, 0.05) is 12.3 Å². The number of phenolic OH excluding ortho intramolecular Hbond substituents is 1. The van der Waals surface area contributed by atoms with Crippen molar-refractivity contribution in [3.8, 4) is 17.2 Å². The number of nitro benzene ring substituents is 1. The van der Waals surface area contributed by atoms with Gasteiger partial charge in [-0.15, -0.1) is 0 Å². The van der Waals surface area contributed by atoms with Gasteiger partial charge in [0.2, 0.25) is 5.75 Å². The number of ether oxygens (including phenoxy) is 1. The summed E-state index contributed by atoms with van der Waals surface area (Å²) in [6.07, 6.45) is 0.965. The molecule has 110 valence electrons. The lowest BCUT2D eigenvalue weighted by Gasteiger charge is -2.07. The Morgan fingerprint density at radius 2 is 1.76 bits per heavy atom. The smallest absolute Gasteiger partial charge is 0.312 e. The molecule has 0 aliphatic rings. The first-order chi connectivity index (χ1) is 9.77. The maximum atomic E-state index is 11.4. The Kier molecular flexibility index (Phi) is 3.81. The SMILES string of the molecule is CS(=O)(=O)c1ccc(Oc2ccc(O)cc2)c([N+](=O)[O-])c1. The number of rotatable bonds is 4. The maximum absolute atomic E-state index is 11.4. The molecule has 0 aliphatic carbocycles. The van der Waals surface area contributed by atoms with E-state index in [-0.39, 0.29) is 22.1 Å². The van der Waals surface area contributed by atoms with Gasteiger partial charge in [-0.3, -0.25) is 10.1 Å². The van der Waals surface area contributed by atoms with Crippen LogP contribution in [0.5, 0.6) is 17.2 Å². The van der Waals surface area contributed by atoms with Crippen molar-refractivity contribution in [1.29, 1.82) is 0 Å². The van der Waals surface area contributed by atoms with E-state index in [2.05, 4.69) is 0 Å². The lowest BCUT2D eigenvalue weighted by molar-refractivity contribution is -0.385. The number of benzene rings is 2. The number of hydrogen-bond donors (Lipinski definition) is 1. The predicted molar refractivity (Wildman–Crippen MR) is 74.4 cm³/mol. The summed E-state index contributed by atoms with van der Waals surface area (Å²) in [5.41, 5.74) is -0.453. The molecule has 0 saturated heterocycles. The molecule has 7 nitrogen and oxygen atoms in total. The Morgan fingerprint density at radius 1 is 1.14 bits per heavy atom. The Balaban J connectivity index is 2.44. The second-order valence-electron chi connectivity index (χ2n) is 4.25. The first-order valence-corrected chi connectivity index (χ1v) is 7.62. The average molecular weight is 309 g/mol. The van der Waals surface area contributed by atoms with Crippen LogP contribution < -0.4 is 4.74 Å². The molecule has 0 heterocycles. The van der Waals surface area contributed by atoms with E-state index in [4.69, 9.17) is 9.84 Å². The number of phenols is 1. The second kappa shape index (κ2) is 5.41. The summed E-state index contributed by atoms with van der Waals surface area (Å²) < 4.78 is 28.2. The van der Waals surface area contributed by atoms with Crippen LogP contribution in [0.25, 0.3) is 0 Å². The summed E-state index contributed by atoms with van der Waals surface area (Å²) in [5, 5.41) is 20.2. The summed E-state index contributed by atoms with van der Waals surface area (Å²) in [6.45, 7) is 0. The van der Waals surface area contributed by atoms with Crippen molar-refractivity contribution in [2.45, 2.75) is 4.90 Å². The van der Waals surface area contributed by atoms with Crippen LogP contribution in [0.4, 0.5) is 5.69 Å². The van der Waals surface area contributed by atoms with E-state index in [1.54, 1.807) is 0 Å². The number of nitrogens with zero attached hydrogens (tertiary/aromatic N) is 1. The van der Waals surface area contributed by atoms with Crippen molar-refractivity contribution in [3.63, 3.8) is 0 Å². The molecular formula is C13H11NO6S. The highest BCUT2D eigenvalue weighted by Crippen LogP contribution is 2.33. The van der Waals surface area contributed by atoms with Crippen molar-refractivity contribution in [3.05, 3.63) is 52.6 Å². The Bertz CT molecular complexity index is 783. The molecular weight excluding hydrogens is 298 g/mol. The van der Waals surface area contributed by atoms with Gasteiger partial charge < -0.3 is 9.84 Å². The molecule has 0 fully saturated rings. The van der Waals surface area contributed by atoms with Crippen molar-refractivity contribution < 1.29 is 23.2 Å². The topological polar surface area (TPSA) is 107 Å². The fourth-order valence-corrected chi connectivity index (χ4v) is 2.24. The van der Waals surface area contributed by atoms with Crippen molar-refractivity contribution in [2.75, 3.05) is 6.26 Å². The molecule has 0 aliphatic heterocycles. The third-order valence-electron chi connectivity index (χ3n) is 2.62. The quantitative estimate of drug-likeness (QED) is 0.687. The predicted octanol–water partition coefficient (Wildman–Crippen LogP) is 2.50. The standard InChI is InChI=1S/C13H11NO6S/c1-21(18,19)11-6-7-13(12(8-11)14(16)17)20-10-4-2-9(15)3-5-10/h2-8,15H,1H3.